The molecule has 0 aliphatic rings. The Balaban J connectivity index is 2.33. The van der Waals surface area contributed by atoms with E-state index >= 15 is 0 Å². The van der Waals surface area contributed by atoms with Crippen molar-refractivity contribution in [2.75, 3.05) is 20.3 Å². The minimum Gasteiger partial charge on any atom is -0.497 e. The number of nitrogens with two attached hydrogens (primary N) is 1. The van der Waals surface area contributed by atoms with E-state index in [4.69, 9.17) is 15.2 Å². The van der Waals surface area contributed by atoms with E-state index in [1.807, 2.05) is 24.3 Å². The normalized spacial score (nSPS) is 14.2. The predicted molar refractivity (Wildman–Crippen MR) is 74.8 cm³/mol. The molecule has 1 rings (SSSR count). The molecule has 2 atom stereocenters. The summed E-state index contributed by atoms with van der Waals surface area (Å²) in [5.41, 5.74) is 7.16. The van der Waals surface area contributed by atoms with Crippen LogP contribution in [0.5, 0.6) is 5.75 Å². The quantitative estimate of drug-likeness (QED) is 0.772. The molecule has 0 saturated heterocycles. The molecule has 0 aliphatic carbocycles. The molecule has 2 N–H and O–H groups in total. The molecule has 0 radical (unpaired) electrons. The molecule has 102 valence electrons. The van der Waals surface area contributed by atoms with E-state index in [0.717, 1.165) is 17.9 Å². The summed E-state index contributed by atoms with van der Waals surface area (Å²) in [6.45, 7) is 5.76. The number of hydrogen-bond acceptors (Lipinski definition) is 3. The van der Waals surface area contributed by atoms with Crippen molar-refractivity contribution >= 4 is 0 Å². The van der Waals surface area contributed by atoms with Crippen molar-refractivity contribution in [3.8, 4) is 5.75 Å². The molecule has 0 spiro atoms. The van der Waals surface area contributed by atoms with Gasteiger partial charge in [0.05, 0.1) is 19.8 Å². The van der Waals surface area contributed by atoms with Gasteiger partial charge in [-0.05, 0) is 30.0 Å². The standard InChI is InChI=1S/C15H25NO2/c1-4-5-12(2)10-18-11-15(16)13-6-8-14(17-3)9-7-13/h6-9,12,15H,4-5,10-11,16H2,1-3H3. The molecule has 0 aromatic heterocycles. The van der Waals surface area contributed by atoms with Crippen molar-refractivity contribution in [3.05, 3.63) is 29.8 Å². The maximum absolute atomic E-state index is 6.08. The second kappa shape index (κ2) is 8.11. The Morgan fingerprint density at radius 1 is 1.17 bits per heavy atom. The maximum atomic E-state index is 6.08. The number of methoxy groups -OCH3 is 1. The van der Waals surface area contributed by atoms with Crippen molar-refractivity contribution in [3.63, 3.8) is 0 Å². The molecule has 1 aromatic carbocycles. The van der Waals surface area contributed by atoms with Crippen LogP contribution in [-0.2, 0) is 4.74 Å². The Morgan fingerprint density at radius 2 is 1.83 bits per heavy atom. The van der Waals surface area contributed by atoms with Crippen molar-refractivity contribution in [1.82, 2.24) is 0 Å². The van der Waals surface area contributed by atoms with E-state index in [1.165, 1.54) is 12.8 Å². The van der Waals surface area contributed by atoms with Crippen molar-refractivity contribution in [2.24, 2.45) is 11.7 Å². The number of hydrogen-bond donors (Lipinski definition) is 1. The lowest BCUT2D eigenvalue weighted by Crippen LogP contribution is -2.19. The first kappa shape index (κ1) is 15.0. The van der Waals surface area contributed by atoms with Crippen molar-refractivity contribution in [1.29, 1.82) is 0 Å². The van der Waals surface area contributed by atoms with E-state index in [1.54, 1.807) is 7.11 Å². The Labute approximate surface area is 110 Å². The molecule has 0 amide bonds. The van der Waals surface area contributed by atoms with E-state index in [9.17, 15) is 0 Å². The summed E-state index contributed by atoms with van der Waals surface area (Å²) >= 11 is 0. The summed E-state index contributed by atoms with van der Waals surface area (Å²) in [6, 6.07) is 7.76. The highest BCUT2D eigenvalue weighted by Crippen LogP contribution is 2.16. The van der Waals surface area contributed by atoms with Gasteiger partial charge in [-0.25, -0.2) is 0 Å². The molecular weight excluding hydrogens is 226 g/mol. The second-order valence-electron chi connectivity index (χ2n) is 4.81. The minimum absolute atomic E-state index is 0.0651. The molecule has 1 aromatic rings. The van der Waals surface area contributed by atoms with Crippen LogP contribution in [0.15, 0.2) is 24.3 Å². The van der Waals surface area contributed by atoms with Crippen LogP contribution < -0.4 is 10.5 Å². The van der Waals surface area contributed by atoms with Crippen LogP contribution in [0, 0.1) is 5.92 Å². The summed E-state index contributed by atoms with van der Waals surface area (Å²) in [5, 5.41) is 0. The highest BCUT2D eigenvalue weighted by molar-refractivity contribution is 5.28. The van der Waals surface area contributed by atoms with Crippen molar-refractivity contribution in [2.45, 2.75) is 32.7 Å². The fraction of sp³-hybridized carbons (Fsp3) is 0.600. The Bertz CT molecular complexity index is 324. The SMILES string of the molecule is CCCC(C)COCC(N)c1ccc(OC)cc1. The molecule has 0 saturated carbocycles. The summed E-state index contributed by atoms with van der Waals surface area (Å²) in [6.07, 6.45) is 2.41. The summed E-state index contributed by atoms with van der Waals surface area (Å²) in [4.78, 5) is 0. The zero-order valence-corrected chi connectivity index (χ0v) is 11.7. The first-order valence-corrected chi connectivity index (χ1v) is 6.64. The van der Waals surface area contributed by atoms with Gasteiger partial charge in [0, 0.05) is 6.61 Å². The molecular formula is C15H25NO2. The highest BCUT2D eigenvalue weighted by atomic mass is 16.5. The van der Waals surface area contributed by atoms with Gasteiger partial charge >= 0.3 is 0 Å². The number of ether oxygens (including phenoxy) is 2. The average molecular weight is 251 g/mol. The first-order chi connectivity index (χ1) is 8.67. The first-order valence-electron chi connectivity index (χ1n) is 6.64. The van der Waals surface area contributed by atoms with Crippen molar-refractivity contribution < 1.29 is 9.47 Å². The topological polar surface area (TPSA) is 44.5 Å². The van der Waals surface area contributed by atoms with Crippen LogP contribution in [-0.4, -0.2) is 20.3 Å². The minimum atomic E-state index is -0.0651. The lowest BCUT2D eigenvalue weighted by atomic mass is 10.1. The third-order valence-electron chi connectivity index (χ3n) is 3.03. The van der Waals surface area contributed by atoms with Crippen LogP contribution in [0.4, 0.5) is 0 Å². The molecule has 3 nitrogen and oxygen atoms in total. The second-order valence-corrected chi connectivity index (χ2v) is 4.81. The third kappa shape index (κ3) is 5.07. The predicted octanol–water partition coefficient (Wildman–Crippen LogP) is 3.15. The number of benzene rings is 1. The lowest BCUT2D eigenvalue weighted by Gasteiger charge is -2.15. The van der Waals surface area contributed by atoms with Gasteiger partial charge in [0.15, 0.2) is 0 Å². The van der Waals surface area contributed by atoms with Crippen LogP contribution in [0.2, 0.25) is 0 Å². The largest absolute Gasteiger partial charge is 0.497 e. The zero-order valence-electron chi connectivity index (χ0n) is 11.7. The van der Waals surface area contributed by atoms with Crippen LogP contribution in [0.1, 0.15) is 38.3 Å². The van der Waals surface area contributed by atoms with Gasteiger partial charge in [-0.3, -0.25) is 0 Å². The van der Waals surface area contributed by atoms with Gasteiger partial charge in [0.2, 0.25) is 0 Å². The molecule has 3 heteroatoms. The molecule has 0 heterocycles. The van der Waals surface area contributed by atoms with E-state index < -0.39 is 0 Å². The fourth-order valence-electron chi connectivity index (χ4n) is 1.92. The average Bonchev–Trinajstić information content (AvgIpc) is 2.39. The maximum Gasteiger partial charge on any atom is 0.118 e. The molecule has 0 aliphatic heterocycles. The van der Waals surface area contributed by atoms with E-state index in [0.29, 0.717) is 12.5 Å². The van der Waals surface area contributed by atoms with Crippen LogP contribution in [0.25, 0.3) is 0 Å². The van der Waals surface area contributed by atoms with Gasteiger partial charge in [-0.2, -0.15) is 0 Å². The summed E-state index contributed by atoms with van der Waals surface area (Å²) in [7, 11) is 1.66. The molecule has 2 unspecified atom stereocenters. The Morgan fingerprint density at radius 3 is 2.39 bits per heavy atom. The summed E-state index contributed by atoms with van der Waals surface area (Å²) in [5.74, 6) is 1.46. The molecule has 0 fully saturated rings. The van der Waals surface area contributed by atoms with Gasteiger partial charge in [-0.1, -0.05) is 32.4 Å². The van der Waals surface area contributed by atoms with E-state index in [2.05, 4.69) is 13.8 Å². The van der Waals surface area contributed by atoms with Crippen LogP contribution >= 0.6 is 0 Å². The zero-order chi connectivity index (χ0) is 13.4. The van der Waals surface area contributed by atoms with E-state index in [-0.39, 0.29) is 6.04 Å². The Hall–Kier alpha value is -1.06. The number of rotatable bonds is 8. The molecule has 0 bridgehead atoms. The van der Waals surface area contributed by atoms with Gasteiger partial charge < -0.3 is 15.2 Å². The summed E-state index contributed by atoms with van der Waals surface area (Å²) < 4.78 is 10.8. The fourth-order valence-corrected chi connectivity index (χ4v) is 1.92. The monoisotopic (exact) mass is 251 g/mol. The smallest absolute Gasteiger partial charge is 0.118 e. The Kier molecular flexibility index (Phi) is 6.76. The van der Waals surface area contributed by atoms with Gasteiger partial charge in [-0.15, -0.1) is 0 Å². The van der Waals surface area contributed by atoms with Gasteiger partial charge in [0.25, 0.3) is 0 Å². The highest BCUT2D eigenvalue weighted by Gasteiger charge is 2.07. The lowest BCUT2D eigenvalue weighted by molar-refractivity contribution is 0.0909. The van der Waals surface area contributed by atoms with Crippen LogP contribution in [0.3, 0.4) is 0 Å². The van der Waals surface area contributed by atoms with Gasteiger partial charge in [0.1, 0.15) is 5.75 Å². The molecule has 18 heavy (non-hydrogen) atoms. The third-order valence-corrected chi connectivity index (χ3v) is 3.03.